The average Bonchev–Trinajstić information content (AvgIpc) is 3.05. The third kappa shape index (κ3) is 2.92. The van der Waals surface area contributed by atoms with Crippen molar-refractivity contribution in [3.63, 3.8) is 0 Å². The fourth-order valence-electron chi connectivity index (χ4n) is 2.19. The van der Waals surface area contributed by atoms with Crippen LogP contribution in [-0.4, -0.2) is 58.3 Å². The van der Waals surface area contributed by atoms with Gasteiger partial charge in [-0.05, 0) is 12.1 Å². The average molecular weight is 302 g/mol. The maximum Gasteiger partial charge on any atom is 0.273 e. The first-order chi connectivity index (χ1) is 10.3. The molecule has 2 amide bonds. The van der Waals surface area contributed by atoms with Gasteiger partial charge in [-0.15, -0.1) is 11.3 Å². The van der Waals surface area contributed by atoms with Crippen LogP contribution in [-0.2, 0) is 4.79 Å². The highest BCUT2D eigenvalue weighted by Gasteiger charge is 2.23. The number of piperazine rings is 1. The summed E-state index contributed by atoms with van der Waals surface area (Å²) in [5.74, 6) is -0.0769. The molecule has 1 aliphatic rings. The molecule has 0 N–H and O–H groups in total. The van der Waals surface area contributed by atoms with Crippen LogP contribution in [0.2, 0.25) is 0 Å². The molecule has 2 aromatic heterocycles. The minimum Gasteiger partial charge on any atom is -0.342 e. The number of amides is 2. The second-order valence-electron chi connectivity index (χ2n) is 4.71. The van der Waals surface area contributed by atoms with Crippen LogP contribution in [0.4, 0.5) is 0 Å². The van der Waals surface area contributed by atoms with Gasteiger partial charge in [-0.2, -0.15) is 0 Å². The Kier molecular flexibility index (Phi) is 3.92. The van der Waals surface area contributed by atoms with E-state index in [0.29, 0.717) is 31.9 Å². The zero-order valence-corrected chi connectivity index (χ0v) is 12.1. The van der Waals surface area contributed by atoms with Gasteiger partial charge in [0.1, 0.15) is 10.7 Å². The third-order valence-electron chi connectivity index (χ3n) is 3.38. The van der Waals surface area contributed by atoms with Crippen molar-refractivity contribution in [3.05, 3.63) is 35.6 Å². The van der Waals surface area contributed by atoms with Crippen molar-refractivity contribution >= 4 is 23.7 Å². The molecule has 21 heavy (non-hydrogen) atoms. The molecule has 6 nitrogen and oxygen atoms in total. The molecule has 0 aliphatic carbocycles. The summed E-state index contributed by atoms with van der Waals surface area (Å²) in [4.78, 5) is 34.9. The second kappa shape index (κ2) is 6.01. The Labute approximate surface area is 126 Å². The number of thiazole rings is 1. The van der Waals surface area contributed by atoms with Crippen LogP contribution in [0.1, 0.15) is 10.5 Å². The summed E-state index contributed by atoms with van der Waals surface area (Å²) in [6.45, 7) is 2.26. The van der Waals surface area contributed by atoms with E-state index in [4.69, 9.17) is 0 Å². The molecule has 0 radical (unpaired) electrons. The maximum atomic E-state index is 12.4. The Morgan fingerprint density at radius 1 is 1.29 bits per heavy atom. The van der Waals surface area contributed by atoms with E-state index in [-0.39, 0.29) is 5.91 Å². The standard InChI is InChI=1S/C14H14N4O2S/c19-10-17-4-6-18(7-5-17)14(20)12-9-21-13(16-12)11-2-1-3-15-8-11/h1-3,8-10H,4-7H2. The summed E-state index contributed by atoms with van der Waals surface area (Å²) in [7, 11) is 0. The van der Waals surface area contributed by atoms with Gasteiger partial charge in [0.15, 0.2) is 0 Å². The van der Waals surface area contributed by atoms with Crippen molar-refractivity contribution < 1.29 is 9.59 Å². The van der Waals surface area contributed by atoms with Crippen LogP contribution in [0.3, 0.4) is 0 Å². The Balaban J connectivity index is 1.72. The molecule has 0 bridgehead atoms. The van der Waals surface area contributed by atoms with Gasteiger partial charge >= 0.3 is 0 Å². The molecule has 0 saturated carbocycles. The van der Waals surface area contributed by atoms with Gasteiger partial charge in [0.25, 0.3) is 5.91 Å². The fraction of sp³-hybridized carbons (Fsp3) is 0.286. The van der Waals surface area contributed by atoms with E-state index in [1.54, 1.807) is 27.6 Å². The van der Waals surface area contributed by atoms with Crippen molar-refractivity contribution in [2.24, 2.45) is 0 Å². The Hall–Kier alpha value is -2.28. The third-order valence-corrected chi connectivity index (χ3v) is 4.27. The molecule has 3 rings (SSSR count). The van der Waals surface area contributed by atoms with E-state index < -0.39 is 0 Å². The van der Waals surface area contributed by atoms with Gasteiger partial charge < -0.3 is 9.80 Å². The highest BCUT2D eigenvalue weighted by molar-refractivity contribution is 7.13. The smallest absolute Gasteiger partial charge is 0.273 e. The first-order valence-corrected chi connectivity index (χ1v) is 7.50. The van der Waals surface area contributed by atoms with Crippen molar-refractivity contribution in [3.8, 4) is 10.6 Å². The van der Waals surface area contributed by atoms with E-state index >= 15 is 0 Å². The van der Waals surface area contributed by atoms with Crippen LogP contribution in [0.15, 0.2) is 29.9 Å². The molecule has 1 fully saturated rings. The lowest BCUT2D eigenvalue weighted by atomic mass is 10.3. The summed E-state index contributed by atoms with van der Waals surface area (Å²) in [6, 6.07) is 3.76. The molecular formula is C14H14N4O2S. The topological polar surface area (TPSA) is 66.4 Å². The highest BCUT2D eigenvalue weighted by Crippen LogP contribution is 2.23. The monoisotopic (exact) mass is 302 g/mol. The molecule has 0 spiro atoms. The van der Waals surface area contributed by atoms with Crippen LogP contribution in [0.5, 0.6) is 0 Å². The summed E-state index contributed by atoms with van der Waals surface area (Å²) in [5, 5.41) is 2.56. The van der Waals surface area contributed by atoms with Crippen molar-refractivity contribution in [1.82, 2.24) is 19.8 Å². The van der Waals surface area contributed by atoms with Crippen molar-refractivity contribution in [2.75, 3.05) is 26.2 Å². The summed E-state index contributed by atoms with van der Waals surface area (Å²) < 4.78 is 0. The molecule has 108 valence electrons. The lowest BCUT2D eigenvalue weighted by Crippen LogP contribution is -2.48. The van der Waals surface area contributed by atoms with Gasteiger partial charge in [-0.25, -0.2) is 4.98 Å². The van der Waals surface area contributed by atoms with Gasteiger partial charge in [0.05, 0.1) is 0 Å². The maximum absolute atomic E-state index is 12.4. The molecular weight excluding hydrogens is 288 g/mol. The number of carbonyl (C=O) groups is 2. The SMILES string of the molecule is O=CN1CCN(C(=O)c2csc(-c3cccnc3)n2)CC1. The number of carbonyl (C=O) groups excluding carboxylic acids is 2. The van der Waals surface area contributed by atoms with Crippen molar-refractivity contribution in [1.29, 1.82) is 0 Å². The van der Waals surface area contributed by atoms with Crippen molar-refractivity contribution in [2.45, 2.75) is 0 Å². The summed E-state index contributed by atoms with van der Waals surface area (Å²) in [5.41, 5.74) is 1.37. The normalized spacial score (nSPS) is 15.0. The van der Waals surface area contributed by atoms with Crippen LogP contribution >= 0.6 is 11.3 Å². The van der Waals surface area contributed by atoms with Gasteiger partial charge in [0, 0.05) is 49.5 Å². The quantitative estimate of drug-likeness (QED) is 0.797. The molecule has 7 heteroatoms. The van der Waals surface area contributed by atoms with Crippen LogP contribution < -0.4 is 0 Å². The van der Waals surface area contributed by atoms with E-state index in [1.807, 2.05) is 12.1 Å². The largest absolute Gasteiger partial charge is 0.342 e. The van der Waals surface area contributed by atoms with E-state index in [9.17, 15) is 9.59 Å². The number of rotatable bonds is 3. The highest BCUT2D eigenvalue weighted by atomic mass is 32.1. The Bertz CT molecular complexity index is 635. The predicted octanol–water partition coefficient (Wildman–Crippen LogP) is 1.12. The number of hydrogen-bond acceptors (Lipinski definition) is 5. The van der Waals surface area contributed by atoms with E-state index in [1.165, 1.54) is 11.3 Å². The van der Waals surface area contributed by atoms with Gasteiger partial charge in [-0.1, -0.05) is 0 Å². The lowest BCUT2D eigenvalue weighted by Gasteiger charge is -2.32. The molecule has 3 heterocycles. The zero-order valence-electron chi connectivity index (χ0n) is 11.3. The van der Waals surface area contributed by atoms with Crippen LogP contribution in [0.25, 0.3) is 10.6 Å². The number of nitrogens with zero attached hydrogens (tertiary/aromatic N) is 4. The first kappa shape index (κ1) is 13.7. The lowest BCUT2D eigenvalue weighted by molar-refractivity contribution is -0.119. The molecule has 0 aromatic carbocycles. The van der Waals surface area contributed by atoms with Gasteiger partial charge in [-0.3, -0.25) is 14.6 Å². The molecule has 1 saturated heterocycles. The number of hydrogen-bond donors (Lipinski definition) is 0. The fourth-order valence-corrected chi connectivity index (χ4v) is 2.97. The predicted molar refractivity (Wildman–Crippen MR) is 78.9 cm³/mol. The summed E-state index contributed by atoms with van der Waals surface area (Å²) >= 11 is 1.43. The second-order valence-corrected chi connectivity index (χ2v) is 5.57. The Morgan fingerprint density at radius 3 is 2.76 bits per heavy atom. The van der Waals surface area contributed by atoms with E-state index in [2.05, 4.69) is 9.97 Å². The minimum absolute atomic E-state index is 0.0769. The molecule has 0 atom stereocenters. The summed E-state index contributed by atoms with van der Waals surface area (Å²) in [6.07, 6.45) is 4.26. The Morgan fingerprint density at radius 2 is 2.10 bits per heavy atom. The molecule has 2 aromatic rings. The zero-order chi connectivity index (χ0) is 14.7. The molecule has 1 aliphatic heterocycles. The van der Waals surface area contributed by atoms with Crippen LogP contribution in [0, 0.1) is 0 Å². The van der Waals surface area contributed by atoms with Gasteiger partial charge in [0.2, 0.25) is 6.41 Å². The molecule has 0 unspecified atom stereocenters. The number of aromatic nitrogens is 2. The van der Waals surface area contributed by atoms with E-state index in [0.717, 1.165) is 17.0 Å². The minimum atomic E-state index is -0.0769. The first-order valence-electron chi connectivity index (χ1n) is 6.62. The number of pyridine rings is 1.